The molecule has 3 aliphatic rings. The Kier molecular flexibility index (Phi) is 9.90. The fourth-order valence-electron chi connectivity index (χ4n) is 6.30. The Morgan fingerprint density at radius 3 is 2.90 bits per heavy atom. The van der Waals surface area contributed by atoms with E-state index in [1.165, 1.54) is 23.1 Å². The number of rotatable bonds is 13. The minimum absolute atomic E-state index is 0.0769. The zero-order chi connectivity index (χ0) is 29.7. The molecule has 4 heterocycles. The van der Waals surface area contributed by atoms with Crippen molar-refractivity contribution < 1.29 is 37.3 Å². The van der Waals surface area contributed by atoms with Crippen LogP contribution < -0.4 is 10.1 Å². The van der Waals surface area contributed by atoms with Crippen LogP contribution in [0.3, 0.4) is 0 Å². The number of carboxylic acids is 1. The minimum Gasteiger partial charge on any atom is -0.496 e. The lowest BCUT2D eigenvalue weighted by atomic mass is 9.94. The molecule has 230 valence electrons. The first-order chi connectivity index (χ1) is 20.2. The summed E-state index contributed by atoms with van der Waals surface area (Å²) >= 11 is 0. The van der Waals surface area contributed by atoms with Gasteiger partial charge in [0.15, 0.2) is 0 Å². The molecule has 3 atom stereocenters. The number of benzene rings is 1. The number of aryl methyl sites for hydroxylation is 1. The molecule has 8 nitrogen and oxygen atoms in total. The molecule has 0 spiro atoms. The van der Waals surface area contributed by atoms with E-state index in [1.54, 1.807) is 7.11 Å². The zero-order valence-corrected chi connectivity index (χ0v) is 24.0. The van der Waals surface area contributed by atoms with Gasteiger partial charge in [0.25, 0.3) is 5.92 Å². The second kappa shape index (κ2) is 13.6. The SMILES string of the molecule is COc1cc(CCCCC(F)(F)C2CCN(C(C(=O)O)c3cc(F)ccc3COC3CCOC3)C2)nc2c1CCCN2. The molecule has 0 amide bonds. The van der Waals surface area contributed by atoms with Gasteiger partial charge < -0.3 is 24.6 Å². The highest BCUT2D eigenvalue weighted by atomic mass is 19.3. The number of carboxylic acid groups (broad SMARTS) is 1. The van der Waals surface area contributed by atoms with E-state index >= 15 is 8.78 Å². The maximum absolute atomic E-state index is 15.4. The zero-order valence-electron chi connectivity index (χ0n) is 24.0. The molecule has 42 heavy (non-hydrogen) atoms. The summed E-state index contributed by atoms with van der Waals surface area (Å²) in [5, 5.41) is 13.4. The van der Waals surface area contributed by atoms with E-state index in [-0.39, 0.29) is 44.2 Å². The van der Waals surface area contributed by atoms with E-state index in [1.807, 2.05) is 6.07 Å². The van der Waals surface area contributed by atoms with Crippen molar-refractivity contribution in [3.05, 3.63) is 52.5 Å². The van der Waals surface area contributed by atoms with E-state index in [4.69, 9.17) is 14.2 Å². The molecular formula is C31H40F3N3O5. The van der Waals surface area contributed by atoms with Crippen molar-refractivity contribution in [2.45, 2.75) is 76.0 Å². The standard InChI is InChI=1S/C31H40F3N3O5/c1-40-27-16-23(36-29-25(27)6-4-12-35-29)5-2-3-11-31(33,34)21-9-13-37(17-21)28(30(38)39)26-15-22(32)8-7-20(26)18-42-24-10-14-41-19-24/h7-8,15-16,21,24,28H,2-6,9-14,17-19H2,1H3,(H,35,36)(H,38,39). The second-order valence-corrected chi connectivity index (χ2v) is 11.5. The van der Waals surface area contributed by atoms with E-state index in [0.29, 0.717) is 38.0 Å². The van der Waals surface area contributed by atoms with Crippen LogP contribution in [0.4, 0.5) is 19.0 Å². The number of hydrogen-bond acceptors (Lipinski definition) is 7. The van der Waals surface area contributed by atoms with Crippen molar-refractivity contribution in [2.75, 3.05) is 45.3 Å². The number of methoxy groups -OCH3 is 1. The molecule has 0 aliphatic carbocycles. The fraction of sp³-hybridized carbons (Fsp3) is 0.613. The van der Waals surface area contributed by atoms with Crippen LogP contribution >= 0.6 is 0 Å². The molecule has 1 aromatic heterocycles. The minimum atomic E-state index is -2.95. The topological polar surface area (TPSA) is 93.2 Å². The predicted octanol–water partition coefficient (Wildman–Crippen LogP) is 5.39. The van der Waals surface area contributed by atoms with Crippen molar-refractivity contribution in [1.82, 2.24) is 9.88 Å². The van der Waals surface area contributed by atoms with E-state index in [0.717, 1.165) is 48.6 Å². The van der Waals surface area contributed by atoms with E-state index in [9.17, 15) is 14.3 Å². The monoisotopic (exact) mass is 591 g/mol. The number of halogens is 3. The van der Waals surface area contributed by atoms with Crippen molar-refractivity contribution in [2.24, 2.45) is 5.92 Å². The molecule has 1 aromatic carbocycles. The first-order valence-corrected chi connectivity index (χ1v) is 14.9. The molecule has 0 bridgehead atoms. The number of aromatic nitrogens is 1. The maximum Gasteiger partial charge on any atom is 0.325 e. The highest BCUT2D eigenvalue weighted by molar-refractivity contribution is 5.76. The summed E-state index contributed by atoms with van der Waals surface area (Å²) in [5.74, 6) is -4.09. The first kappa shape index (κ1) is 30.6. The first-order valence-electron chi connectivity index (χ1n) is 14.9. The number of hydrogen-bond donors (Lipinski definition) is 2. The Morgan fingerprint density at radius 2 is 2.14 bits per heavy atom. The van der Waals surface area contributed by atoms with Crippen LogP contribution in [0.15, 0.2) is 24.3 Å². The van der Waals surface area contributed by atoms with E-state index < -0.39 is 29.7 Å². The smallest absolute Gasteiger partial charge is 0.325 e. The molecule has 3 aliphatic heterocycles. The maximum atomic E-state index is 15.4. The number of ether oxygens (including phenoxy) is 3. The van der Waals surface area contributed by atoms with E-state index in [2.05, 4.69) is 10.3 Å². The Morgan fingerprint density at radius 1 is 1.29 bits per heavy atom. The number of pyridine rings is 1. The summed E-state index contributed by atoms with van der Waals surface area (Å²) in [5.41, 5.74) is 2.65. The van der Waals surface area contributed by atoms with Gasteiger partial charge in [0, 0.05) is 49.4 Å². The van der Waals surface area contributed by atoms with Crippen molar-refractivity contribution in [3.8, 4) is 5.75 Å². The largest absolute Gasteiger partial charge is 0.496 e. The highest BCUT2D eigenvalue weighted by Gasteiger charge is 2.45. The van der Waals surface area contributed by atoms with Crippen LogP contribution in [0.5, 0.6) is 5.75 Å². The third kappa shape index (κ3) is 7.18. The van der Waals surface area contributed by atoms with Crippen LogP contribution in [0, 0.1) is 11.7 Å². The Bertz CT molecular complexity index is 1220. The van der Waals surface area contributed by atoms with Crippen LogP contribution in [-0.2, 0) is 33.7 Å². The van der Waals surface area contributed by atoms with Gasteiger partial charge in [-0.3, -0.25) is 9.69 Å². The number of nitrogens with zero attached hydrogens (tertiary/aromatic N) is 2. The van der Waals surface area contributed by atoms with Gasteiger partial charge in [0.2, 0.25) is 0 Å². The number of aliphatic carboxylic acids is 1. The van der Waals surface area contributed by atoms with Gasteiger partial charge in [-0.2, -0.15) is 0 Å². The number of likely N-dealkylation sites (tertiary alicyclic amines) is 1. The summed E-state index contributed by atoms with van der Waals surface area (Å²) in [4.78, 5) is 18.6. The average molecular weight is 592 g/mol. The lowest BCUT2D eigenvalue weighted by Gasteiger charge is -2.28. The molecule has 2 fully saturated rings. The Hall–Kier alpha value is -2.89. The third-order valence-electron chi connectivity index (χ3n) is 8.63. The number of nitrogens with one attached hydrogen (secondary N) is 1. The number of fused-ring (bicyclic) bond motifs is 1. The molecule has 2 N–H and O–H groups in total. The summed E-state index contributed by atoms with van der Waals surface area (Å²) in [6.45, 7) is 2.12. The van der Waals surface area contributed by atoms with Crippen LogP contribution in [0.25, 0.3) is 0 Å². The van der Waals surface area contributed by atoms with Gasteiger partial charge in [-0.25, -0.2) is 18.2 Å². The highest BCUT2D eigenvalue weighted by Crippen LogP contribution is 2.40. The number of anilines is 1. The van der Waals surface area contributed by atoms with Gasteiger partial charge >= 0.3 is 5.97 Å². The molecule has 2 aromatic rings. The molecule has 0 radical (unpaired) electrons. The molecule has 11 heteroatoms. The second-order valence-electron chi connectivity index (χ2n) is 11.5. The summed E-state index contributed by atoms with van der Waals surface area (Å²) in [7, 11) is 1.63. The Balaban J connectivity index is 1.18. The van der Waals surface area contributed by atoms with Crippen molar-refractivity contribution >= 4 is 11.8 Å². The van der Waals surface area contributed by atoms with Gasteiger partial charge in [-0.15, -0.1) is 0 Å². The van der Waals surface area contributed by atoms with Crippen LogP contribution in [0.2, 0.25) is 0 Å². The molecule has 0 saturated carbocycles. The molecule has 5 rings (SSSR count). The fourth-order valence-corrected chi connectivity index (χ4v) is 6.30. The van der Waals surface area contributed by atoms with Gasteiger partial charge in [0.05, 0.1) is 26.4 Å². The van der Waals surface area contributed by atoms with Crippen molar-refractivity contribution in [1.29, 1.82) is 0 Å². The van der Waals surface area contributed by atoms with Crippen molar-refractivity contribution in [3.63, 3.8) is 0 Å². The van der Waals surface area contributed by atoms with Gasteiger partial charge in [-0.1, -0.05) is 6.07 Å². The summed E-state index contributed by atoms with van der Waals surface area (Å²) in [6, 6.07) is 4.63. The van der Waals surface area contributed by atoms with Gasteiger partial charge in [0.1, 0.15) is 23.4 Å². The molecule has 3 unspecified atom stereocenters. The lowest BCUT2D eigenvalue weighted by molar-refractivity contribution is -0.143. The predicted molar refractivity (Wildman–Crippen MR) is 151 cm³/mol. The number of unbranched alkanes of at least 4 members (excludes halogenated alkanes) is 1. The van der Waals surface area contributed by atoms with Crippen LogP contribution in [0.1, 0.15) is 67.0 Å². The number of alkyl halides is 2. The average Bonchev–Trinajstić information content (AvgIpc) is 3.68. The number of carbonyl (C=O) groups is 1. The van der Waals surface area contributed by atoms with Gasteiger partial charge in [-0.05, 0) is 74.8 Å². The normalized spacial score (nSPS) is 21.6. The molecule has 2 saturated heterocycles. The van der Waals surface area contributed by atoms with Crippen LogP contribution in [-0.4, -0.2) is 72.9 Å². The third-order valence-corrected chi connectivity index (χ3v) is 8.63. The Labute approximate surface area is 244 Å². The molecular weight excluding hydrogens is 551 g/mol. The lowest BCUT2D eigenvalue weighted by Crippen LogP contribution is -2.36. The summed E-state index contributed by atoms with van der Waals surface area (Å²) < 4.78 is 61.7. The quantitative estimate of drug-likeness (QED) is 0.300. The summed E-state index contributed by atoms with van der Waals surface area (Å²) in [6.07, 6.45) is 3.86.